The van der Waals surface area contributed by atoms with Crippen LogP contribution in [-0.2, 0) is 13.1 Å². The van der Waals surface area contributed by atoms with Crippen molar-refractivity contribution in [1.82, 2.24) is 5.32 Å². The van der Waals surface area contributed by atoms with Gasteiger partial charge in [-0.15, -0.1) is 0 Å². The average Bonchev–Trinajstić information content (AvgIpc) is 2.49. The molecule has 0 bridgehead atoms. The van der Waals surface area contributed by atoms with Crippen LogP contribution in [0.25, 0.3) is 0 Å². The summed E-state index contributed by atoms with van der Waals surface area (Å²) in [5.41, 5.74) is 2.47. The van der Waals surface area contributed by atoms with E-state index >= 15 is 0 Å². The summed E-state index contributed by atoms with van der Waals surface area (Å²) in [7, 11) is 1.66. The predicted molar refractivity (Wildman–Crippen MR) is 81.1 cm³/mol. The first kappa shape index (κ1) is 14.4. The van der Waals surface area contributed by atoms with E-state index in [4.69, 9.17) is 9.47 Å². The van der Waals surface area contributed by atoms with Crippen LogP contribution in [0.4, 0.5) is 0 Å². The van der Waals surface area contributed by atoms with E-state index in [0.29, 0.717) is 6.61 Å². The molecule has 0 unspecified atom stereocenters. The third-order valence-corrected chi connectivity index (χ3v) is 3.03. The minimum absolute atomic E-state index is 0.636. The van der Waals surface area contributed by atoms with E-state index in [2.05, 4.69) is 35.6 Å². The minimum atomic E-state index is 0.636. The lowest BCUT2D eigenvalue weighted by atomic mass is 10.2. The third kappa shape index (κ3) is 4.00. The number of rotatable bonds is 7. The molecule has 0 spiro atoms. The van der Waals surface area contributed by atoms with Gasteiger partial charge in [-0.25, -0.2) is 0 Å². The van der Waals surface area contributed by atoms with Gasteiger partial charge in [-0.2, -0.15) is 0 Å². The van der Waals surface area contributed by atoms with E-state index < -0.39 is 0 Å². The van der Waals surface area contributed by atoms with Gasteiger partial charge in [-0.3, -0.25) is 0 Å². The van der Waals surface area contributed by atoms with Crippen molar-refractivity contribution < 1.29 is 9.47 Å². The van der Waals surface area contributed by atoms with Gasteiger partial charge in [0, 0.05) is 13.1 Å². The third-order valence-electron chi connectivity index (χ3n) is 3.03. The topological polar surface area (TPSA) is 30.5 Å². The molecule has 0 aliphatic heterocycles. The van der Waals surface area contributed by atoms with Crippen LogP contribution in [0.3, 0.4) is 0 Å². The molecule has 0 aromatic heterocycles. The molecular weight excluding hydrogens is 250 g/mol. The van der Waals surface area contributed by atoms with Crippen molar-refractivity contribution in [2.45, 2.75) is 20.0 Å². The van der Waals surface area contributed by atoms with E-state index in [0.717, 1.165) is 24.6 Å². The molecule has 0 amide bonds. The second-order valence-corrected chi connectivity index (χ2v) is 4.51. The van der Waals surface area contributed by atoms with E-state index in [1.54, 1.807) is 7.11 Å². The summed E-state index contributed by atoms with van der Waals surface area (Å²) in [5, 5.41) is 3.43. The van der Waals surface area contributed by atoms with Crippen LogP contribution >= 0.6 is 0 Å². The first-order valence-electron chi connectivity index (χ1n) is 6.88. The van der Waals surface area contributed by atoms with Crippen molar-refractivity contribution >= 4 is 0 Å². The average molecular weight is 271 g/mol. The van der Waals surface area contributed by atoms with Gasteiger partial charge in [-0.05, 0) is 30.2 Å². The van der Waals surface area contributed by atoms with Gasteiger partial charge >= 0.3 is 0 Å². The Morgan fingerprint density at radius 3 is 2.35 bits per heavy atom. The molecule has 0 saturated carbocycles. The van der Waals surface area contributed by atoms with Crippen molar-refractivity contribution in [3.05, 3.63) is 59.7 Å². The number of ether oxygens (including phenoxy) is 2. The highest BCUT2D eigenvalue weighted by Gasteiger charge is 2.05. The summed E-state index contributed by atoms with van der Waals surface area (Å²) in [6.45, 7) is 4.27. The minimum Gasteiger partial charge on any atom is -0.493 e. The highest BCUT2D eigenvalue weighted by Crippen LogP contribution is 2.27. The van der Waals surface area contributed by atoms with Crippen molar-refractivity contribution in [3.8, 4) is 11.5 Å². The van der Waals surface area contributed by atoms with Gasteiger partial charge < -0.3 is 14.8 Å². The van der Waals surface area contributed by atoms with Gasteiger partial charge in [0.15, 0.2) is 11.5 Å². The molecule has 2 aromatic rings. The van der Waals surface area contributed by atoms with Crippen molar-refractivity contribution in [3.63, 3.8) is 0 Å². The maximum absolute atomic E-state index is 5.58. The second-order valence-electron chi connectivity index (χ2n) is 4.51. The summed E-state index contributed by atoms with van der Waals surface area (Å²) in [6, 6.07) is 16.4. The Labute approximate surface area is 120 Å². The first-order valence-corrected chi connectivity index (χ1v) is 6.88. The van der Waals surface area contributed by atoms with Gasteiger partial charge in [0.25, 0.3) is 0 Å². The molecule has 3 nitrogen and oxygen atoms in total. The number of methoxy groups -OCH3 is 1. The monoisotopic (exact) mass is 271 g/mol. The Morgan fingerprint density at radius 2 is 1.65 bits per heavy atom. The highest BCUT2D eigenvalue weighted by atomic mass is 16.5. The van der Waals surface area contributed by atoms with Crippen LogP contribution in [0.2, 0.25) is 0 Å². The highest BCUT2D eigenvalue weighted by molar-refractivity contribution is 5.42. The molecule has 0 heterocycles. The lowest BCUT2D eigenvalue weighted by Gasteiger charge is -2.11. The van der Waals surface area contributed by atoms with E-state index in [1.165, 1.54) is 11.1 Å². The quantitative estimate of drug-likeness (QED) is 0.837. The van der Waals surface area contributed by atoms with Crippen molar-refractivity contribution in [2.75, 3.05) is 13.7 Å². The predicted octanol–water partition coefficient (Wildman–Crippen LogP) is 3.38. The van der Waals surface area contributed by atoms with Crippen LogP contribution in [0.1, 0.15) is 18.1 Å². The molecule has 2 rings (SSSR count). The van der Waals surface area contributed by atoms with E-state index in [9.17, 15) is 0 Å². The van der Waals surface area contributed by atoms with E-state index in [1.807, 2.05) is 25.1 Å². The van der Waals surface area contributed by atoms with Gasteiger partial charge in [-0.1, -0.05) is 36.4 Å². The number of hydrogen-bond donors (Lipinski definition) is 1. The van der Waals surface area contributed by atoms with Crippen LogP contribution in [0.15, 0.2) is 48.5 Å². The first-order chi connectivity index (χ1) is 9.83. The largest absolute Gasteiger partial charge is 0.493 e. The second kappa shape index (κ2) is 7.56. The molecule has 20 heavy (non-hydrogen) atoms. The maximum Gasteiger partial charge on any atom is 0.161 e. The lowest BCUT2D eigenvalue weighted by molar-refractivity contribution is 0.310. The Balaban J connectivity index is 1.94. The fourth-order valence-corrected chi connectivity index (χ4v) is 2.05. The Morgan fingerprint density at radius 1 is 0.900 bits per heavy atom. The standard InChI is InChI=1S/C17H21NO2/c1-3-20-17-11-15(9-10-16(17)19-2)13-18-12-14-7-5-4-6-8-14/h4-11,18H,3,12-13H2,1-2H3. The van der Waals surface area contributed by atoms with Crippen LogP contribution < -0.4 is 14.8 Å². The fourth-order valence-electron chi connectivity index (χ4n) is 2.05. The van der Waals surface area contributed by atoms with Gasteiger partial charge in [0.05, 0.1) is 13.7 Å². The van der Waals surface area contributed by atoms with Gasteiger partial charge in [0.2, 0.25) is 0 Å². The van der Waals surface area contributed by atoms with Crippen molar-refractivity contribution in [2.24, 2.45) is 0 Å². The number of hydrogen-bond acceptors (Lipinski definition) is 3. The normalized spacial score (nSPS) is 10.3. The SMILES string of the molecule is CCOc1cc(CNCc2ccccc2)ccc1OC. The molecule has 3 heteroatoms. The maximum atomic E-state index is 5.58. The Kier molecular flexibility index (Phi) is 5.44. The summed E-state index contributed by atoms with van der Waals surface area (Å²) < 4.78 is 10.9. The summed E-state index contributed by atoms with van der Waals surface area (Å²) in [6.07, 6.45) is 0. The van der Waals surface area contributed by atoms with Crippen LogP contribution in [0, 0.1) is 0 Å². The molecule has 0 aliphatic rings. The number of benzene rings is 2. The Hall–Kier alpha value is -2.00. The summed E-state index contributed by atoms with van der Waals surface area (Å²) in [4.78, 5) is 0. The Bertz CT molecular complexity index is 526. The lowest BCUT2D eigenvalue weighted by Crippen LogP contribution is -2.12. The van der Waals surface area contributed by atoms with Crippen molar-refractivity contribution in [1.29, 1.82) is 0 Å². The van der Waals surface area contributed by atoms with Crippen LogP contribution in [0.5, 0.6) is 11.5 Å². The molecule has 0 fully saturated rings. The zero-order chi connectivity index (χ0) is 14.2. The molecule has 0 aliphatic carbocycles. The zero-order valence-corrected chi connectivity index (χ0v) is 12.1. The molecule has 0 saturated heterocycles. The summed E-state index contributed by atoms with van der Waals surface area (Å²) in [5.74, 6) is 1.58. The molecule has 0 radical (unpaired) electrons. The van der Waals surface area contributed by atoms with E-state index in [-0.39, 0.29) is 0 Å². The molecule has 0 atom stereocenters. The molecule has 106 valence electrons. The molecular formula is C17H21NO2. The van der Waals surface area contributed by atoms with Gasteiger partial charge in [0.1, 0.15) is 0 Å². The zero-order valence-electron chi connectivity index (χ0n) is 12.1. The molecule has 2 aromatic carbocycles. The summed E-state index contributed by atoms with van der Waals surface area (Å²) >= 11 is 0. The smallest absolute Gasteiger partial charge is 0.161 e. The number of nitrogens with one attached hydrogen (secondary N) is 1. The van der Waals surface area contributed by atoms with Crippen LogP contribution in [-0.4, -0.2) is 13.7 Å². The molecule has 1 N–H and O–H groups in total. The fraction of sp³-hybridized carbons (Fsp3) is 0.294.